The highest BCUT2D eigenvalue weighted by atomic mass is 16.5. The lowest BCUT2D eigenvalue weighted by Crippen LogP contribution is -2.02. The Labute approximate surface area is 60.9 Å². The van der Waals surface area contributed by atoms with E-state index in [-0.39, 0.29) is 5.97 Å². The second-order valence-corrected chi connectivity index (χ2v) is 2.40. The van der Waals surface area contributed by atoms with Gasteiger partial charge in [0.25, 0.3) is 0 Å². The molecule has 0 amide bonds. The number of hydrogen-bond donors (Lipinski definition) is 0. The van der Waals surface area contributed by atoms with Crippen molar-refractivity contribution in [2.24, 2.45) is 0 Å². The number of carbonyl (C=O) groups is 1. The van der Waals surface area contributed by atoms with Crippen molar-refractivity contribution in [1.29, 1.82) is 0 Å². The Kier molecular flexibility index (Phi) is 3.00. The van der Waals surface area contributed by atoms with E-state index in [2.05, 4.69) is 6.08 Å². The van der Waals surface area contributed by atoms with Gasteiger partial charge in [0.2, 0.25) is 0 Å². The maximum absolute atomic E-state index is 10.7. The summed E-state index contributed by atoms with van der Waals surface area (Å²) in [7, 11) is 0. The molecule has 0 aromatic rings. The molecule has 1 aliphatic rings. The van der Waals surface area contributed by atoms with E-state index in [4.69, 9.17) is 4.74 Å². The number of esters is 1. The predicted molar refractivity (Wildman–Crippen MR) is 38.6 cm³/mol. The zero-order chi connectivity index (χ0) is 7.23. The van der Waals surface area contributed by atoms with Gasteiger partial charge in [0.05, 0.1) is 0 Å². The molecule has 0 unspecified atom stereocenters. The molecule has 0 saturated carbocycles. The lowest BCUT2D eigenvalue weighted by atomic mass is 10.2. The van der Waals surface area contributed by atoms with Gasteiger partial charge >= 0.3 is 5.97 Å². The van der Waals surface area contributed by atoms with Crippen LogP contribution in [0.1, 0.15) is 25.7 Å². The zero-order valence-corrected chi connectivity index (χ0v) is 6.01. The van der Waals surface area contributed by atoms with Crippen LogP contribution in [0.3, 0.4) is 0 Å². The average Bonchev–Trinajstić information content (AvgIpc) is 2.02. The first-order chi connectivity index (χ1) is 4.89. The van der Waals surface area contributed by atoms with Gasteiger partial charge in [0.15, 0.2) is 0 Å². The molecule has 0 spiro atoms. The highest BCUT2D eigenvalue weighted by Gasteiger charge is 2.01. The second-order valence-electron chi connectivity index (χ2n) is 2.40. The van der Waals surface area contributed by atoms with Crippen molar-refractivity contribution >= 4 is 5.97 Å². The van der Waals surface area contributed by atoms with Crippen molar-refractivity contribution in [3.63, 3.8) is 0 Å². The molecular weight excluding hydrogens is 128 g/mol. The van der Waals surface area contributed by atoms with Crippen LogP contribution in [0.15, 0.2) is 12.2 Å². The molecule has 56 valence electrons. The predicted octanol–water partition coefficient (Wildman–Crippen LogP) is 1.66. The molecule has 1 heterocycles. The van der Waals surface area contributed by atoms with Gasteiger partial charge in [-0.1, -0.05) is 12.2 Å². The Balaban J connectivity index is 2.32. The van der Waals surface area contributed by atoms with E-state index < -0.39 is 0 Å². The minimum absolute atomic E-state index is 0.0634. The van der Waals surface area contributed by atoms with E-state index in [0.29, 0.717) is 13.0 Å². The van der Waals surface area contributed by atoms with Crippen LogP contribution in [-0.4, -0.2) is 12.6 Å². The fraction of sp³-hybridized carbons (Fsp3) is 0.625. The number of ether oxygens (including phenoxy) is 1. The largest absolute Gasteiger partial charge is 0.461 e. The van der Waals surface area contributed by atoms with E-state index in [1.807, 2.05) is 6.08 Å². The van der Waals surface area contributed by atoms with Gasteiger partial charge in [0, 0.05) is 6.42 Å². The van der Waals surface area contributed by atoms with Crippen LogP contribution in [0.25, 0.3) is 0 Å². The number of cyclic esters (lactones) is 1. The summed E-state index contributed by atoms with van der Waals surface area (Å²) >= 11 is 0. The van der Waals surface area contributed by atoms with E-state index >= 15 is 0 Å². The first-order valence-electron chi connectivity index (χ1n) is 3.70. The quantitative estimate of drug-likeness (QED) is 0.378. The lowest BCUT2D eigenvalue weighted by molar-refractivity contribution is -0.142. The second kappa shape index (κ2) is 4.09. The Morgan fingerprint density at radius 1 is 1.30 bits per heavy atom. The summed E-state index contributed by atoms with van der Waals surface area (Å²) in [6, 6.07) is 0. The topological polar surface area (TPSA) is 26.3 Å². The zero-order valence-electron chi connectivity index (χ0n) is 6.01. The molecular formula is C8H12O2. The summed E-state index contributed by atoms with van der Waals surface area (Å²) in [5.74, 6) is -0.0634. The van der Waals surface area contributed by atoms with E-state index in [1.54, 1.807) is 0 Å². The van der Waals surface area contributed by atoms with Crippen LogP contribution in [0.5, 0.6) is 0 Å². The molecule has 0 N–H and O–H groups in total. The van der Waals surface area contributed by atoms with Crippen molar-refractivity contribution in [3.8, 4) is 0 Å². The first kappa shape index (κ1) is 7.32. The van der Waals surface area contributed by atoms with Gasteiger partial charge < -0.3 is 4.74 Å². The summed E-state index contributed by atoms with van der Waals surface area (Å²) < 4.78 is 4.84. The molecule has 1 aliphatic heterocycles. The van der Waals surface area contributed by atoms with Crippen LogP contribution < -0.4 is 0 Å². The fourth-order valence-electron chi connectivity index (χ4n) is 0.931. The Morgan fingerprint density at radius 2 is 2.20 bits per heavy atom. The molecule has 0 saturated heterocycles. The summed E-state index contributed by atoms with van der Waals surface area (Å²) in [5, 5.41) is 0. The Hall–Kier alpha value is -0.790. The van der Waals surface area contributed by atoms with E-state index in [9.17, 15) is 4.79 Å². The molecule has 10 heavy (non-hydrogen) atoms. The lowest BCUT2D eigenvalue weighted by Gasteiger charge is -1.97. The normalized spacial score (nSPS) is 20.6. The molecule has 2 nitrogen and oxygen atoms in total. The summed E-state index contributed by atoms with van der Waals surface area (Å²) in [5.41, 5.74) is 0. The van der Waals surface area contributed by atoms with Gasteiger partial charge in [-0.05, 0) is 19.3 Å². The third kappa shape index (κ3) is 2.67. The minimum Gasteiger partial charge on any atom is -0.461 e. The molecule has 0 radical (unpaired) electrons. The molecule has 1 rings (SSSR count). The van der Waals surface area contributed by atoms with Crippen molar-refractivity contribution in [2.75, 3.05) is 6.61 Å². The molecule has 2 heteroatoms. The van der Waals surface area contributed by atoms with Gasteiger partial charge in [-0.15, -0.1) is 0 Å². The van der Waals surface area contributed by atoms with Crippen LogP contribution in [0.2, 0.25) is 0 Å². The minimum atomic E-state index is -0.0634. The SMILES string of the molecule is O=C1CCCCC=CCO1. The van der Waals surface area contributed by atoms with Crippen LogP contribution in [0, 0.1) is 0 Å². The van der Waals surface area contributed by atoms with Crippen LogP contribution in [-0.2, 0) is 9.53 Å². The number of rotatable bonds is 0. The standard InChI is InChI=1S/C8H12O2/c9-8-6-4-2-1-3-5-7-10-8/h3,5H,1-2,4,6-7H2. The maximum Gasteiger partial charge on any atom is 0.306 e. The molecule has 0 aliphatic carbocycles. The van der Waals surface area contributed by atoms with E-state index in [1.165, 1.54) is 0 Å². The van der Waals surface area contributed by atoms with Gasteiger partial charge in [-0.3, -0.25) is 4.79 Å². The Bertz CT molecular complexity index is 138. The maximum atomic E-state index is 10.7. The third-order valence-corrected chi connectivity index (χ3v) is 1.51. The van der Waals surface area contributed by atoms with E-state index in [0.717, 1.165) is 19.3 Å². The first-order valence-corrected chi connectivity index (χ1v) is 3.70. The van der Waals surface area contributed by atoms with Crippen LogP contribution in [0.4, 0.5) is 0 Å². The fourth-order valence-corrected chi connectivity index (χ4v) is 0.931. The highest BCUT2D eigenvalue weighted by molar-refractivity contribution is 5.69. The highest BCUT2D eigenvalue weighted by Crippen LogP contribution is 2.04. The summed E-state index contributed by atoms with van der Waals surface area (Å²) in [6.45, 7) is 0.457. The van der Waals surface area contributed by atoms with Gasteiger partial charge in [-0.25, -0.2) is 0 Å². The van der Waals surface area contributed by atoms with Crippen molar-refractivity contribution in [1.82, 2.24) is 0 Å². The van der Waals surface area contributed by atoms with Crippen LogP contribution >= 0.6 is 0 Å². The summed E-state index contributed by atoms with van der Waals surface area (Å²) in [4.78, 5) is 10.7. The molecule has 0 bridgehead atoms. The smallest absolute Gasteiger partial charge is 0.306 e. The van der Waals surface area contributed by atoms with Crippen molar-refractivity contribution in [3.05, 3.63) is 12.2 Å². The Morgan fingerprint density at radius 3 is 3.10 bits per heavy atom. The monoisotopic (exact) mass is 140 g/mol. The molecule has 0 fully saturated rings. The molecule has 0 aromatic heterocycles. The number of allylic oxidation sites excluding steroid dienone is 1. The third-order valence-electron chi connectivity index (χ3n) is 1.51. The van der Waals surface area contributed by atoms with Crippen molar-refractivity contribution < 1.29 is 9.53 Å². The van der Waals surface area contributed by atoms with Gasteiger partial charge in [-0.2, -0.15) is 0 Å². The number of hydrogen-bond acceptors (Lipinski definition) is 2. The van der Waals surface area contributed by atoms with Gasteiger partial charge in [0.1, 0.15) is 6.61 Å². The molecule has 0 aromatic carbocycles. The summed E-state index contributed by atoms with van der Waals surface area (Å²) in [6.07, 6.45) is 7.70. The van der Waals surface area contributed by atoms with Crippen molar-refractivity contribution in [2.45, 2.75) is 25.7 Å². The number of carbonyl (C=O) groups excluding carboxylic acids is 1. The average molecular weight is 140 g/mol. The molecule has 0 atom stereocenters.